The van der Waals surface area contributed by atoms with Crippen LogP contribution in [0.15, 0.2) is 0 Å². The van der Waals surface area contributed by atoms with Crippen LogP contribution in [-0.4, -0.2) is 0 Å². The molecule has 52 valence electrons. The number of halogens is 1. The number of hydrogen-bond acceptors (Lipinski definition) is 0. The van der Waals surface area contributed by atoms with Crippen molar-refractivity contribution in [2.45, 2.75) is 33.1 Å². The second-order valence-corrected chi connectivity index (χ2v) is 2.39. The Kier molecular flexibility index (Phi) is 16.3. The van der Waals surface area contributed by atoms with Crippen LogP contribution in [0.5, 0.6) is 0 Å². The third kappa shape index (κ3) is 17.6. The van der Waals surface area contributed by atoms with E-state index in [1.807, 2.05) is 0 Å². The minimum absolute atomic E-state index is 0.847. The molecular weight excluding hydrogens is 185 g/mol. The van der Waals surface area contributed by atoms with Crippen molar-refractivity contribution < 1.29 is 17.3 Å². The Morgan fingerprint density at radius 3 is 2.00 bits per heavy atom. The molecule has 0 spiro atoms. The summed E-state index contributed by atoms with van der Waals surface area (Å²) in [4.78, 5) is 0. The van der Waals surface area contributed by atoms with Crippen molar-refractivity contribution in [1.82, 2.24) is 0 Å². The Bertz CT molecular complexity index is 37.9. The summed E-state index contributed by atoms with van der Waals surface area (Å²) in [5.74, 6) is 0.863. The molecule has 0 fully saturated rings. The molecule has 0 saturated heterocycles. The van der Waals surface area contributed by atoms with Crippen molar-refractivity contribution in [2.24, 2.45) is 5.92 Å². The van der Waals surface area contributed by atoms with Gasteiger partial charge in [-0.25, -0.2) is 0 Å². The van der Waals surface area contributed by atoms with Gasteiger partial charge in [0.2, 0.25) is 0 Å². The molecule has 2 heteroatoms. The summed E-state index contributed by atoms with van der Waals surface area (Å²) in [5.41, 5.74) is 0. The van der Waals surface area contributed by atoms with Gasteiger partial charge in [-0.3, -0.25) is 0 Å². The number of unbranched alkanes of at least 4 members (excludes halogenated alkanes) is 1. The van der Waals surface area contributed by atoms with Crippen LogP contribution < -0.4 is 0 Å². The van der Waals surface area contributed by atoms with Gasteiger partial charge in [-0.05, 0) is 5.92 Å². The summed E-state index contributed by atoms with van der Waals surface area (Å²) in [6.07, 6.45) is 3.72. The molecule has 9 heavy (non-hydrogen) atoms. The van der Waals surface area contributed by atoms with E-state index >= 15 is 0 Å². The first-order chi connectivity index (χ1) is 4.27. The SMILES string of the molecule is [CH2-]CCCC(C)C.[Cl][Zn+]. The van der Waals surface area contributed by atoms with Crippen LogP contribution in [0.1, 0.15) is 33.1 Å². The summed E-state index contributed by atoms with van der Waals surface area (Å²) in [6, 6.07) is 0. The zero-order chi connectivity index (χ0) is 7.70. The molecule has 0 saturated carbocycles. The standard InChI is InChI=1S/C7H15.ClH.Zn/c1-4-5-6-7(2)3;;/h7H,1,4-6H2,2-3H3;1H;/q-1;;+2/p-1. The van der Waals surface area contributed by atoms with Crippen molar-refractivity contribution in [3.05, 3.63) is 6.92 Å². The predicted octanol–water partition coefficient (Wildman–Crippen LogP) is 3.33. The third-order valence-electron chi connectivity index (χ3n) is 1.03. The van der Waals surface area contributed by atoms with E-state index in [2.05, 4.69) is 20.8 Å². The van der Waals surface area contributed by atoms with Crippen LogP contribution in [0.2, 0.25) is 0 Å². The van der Waals surface area contributed by atoms with Gasteiger partial charge in [-0.2, -0.15) is 6.42 Å². The van der Waals surface area contributed by atoms with E-state index in [4.69, 9.17) is 9.69 Å². The van der Waals surface area contributed by atoms with Gasteiger partial charge in [0.05, 0.1) is 0 Å². The molecule has 0 aliphatic carbocycles. The van der Waals surface area contributed by atoms with Gasteiger partial charge >= 0.3 is 27.0 Å². The molecule has 0 aliphatic heterocycles. The normalized spacial score (nSPS) is 8.78. The molecule has 0 radical (unpaired) electrons. The fraction of sp³-hybridized carbons (Fsp3) is 0.857. The first-order valence-corrected chi connectivity index (χ1v) is 7.23. The molecule has 0 bridgehead atoms. The maximum absolute atomic E-state index is 4.76. The first kappa shape index (κ1) is 12.6. The zero-order valence-corrected chi connectivity index (χ0v) is 10.2. The van der Waals surface area contributed by atoms with E-state index < -0.39 is 0 Å². The molecule has 0 heterocycles. The van der Waals surface area contributed by atoms with Crippen molar-refractivity contribution in [3.63, 3.8) is 0 Å². The molecule has 0 rings (SSSR count). The van der Waals surface area contributed by atoms with Gasteiger partial charge in [0.15, 0.2) is 0 Å². The Labute approximate surface area is 73.1 Å². The zero-order valence-electron chi connectivity index (χ0n) is 6.49. The van der Waals surface area contributed by atoms with E-state index in [0.29, 0.717) is 0 Å². The van der Waals surface area contributed by atoms with E-state index in [9.17, 15) is 0 Å². The molecule has 0 aromatic carbocycles. The molecule has 0 aromatic rings. The van der Waals surface area contributed by atoms with E-state index in [1.54, 1.807) is 0 Å². The van der Waals surface area contributed by atoms with Crippen LogP contribution in [0.3, 0.4) is 0 Å². The van der Waals surface area contributed by atoms with Gasteiger partial charge in [0, 0.05) is 0 Å². The van der Waals surface area contributed by atoms with Crippen LogP contribution in [0, 0.1) is 12.8 Å². The topological polar surface area (TPSA) is 0 Å². The van der Waals surface area contributed by atoms with Gasteiger partial charge in [0.25, 0.3) is 0 Å². The van der Waals surface area contributed by atoms with Gasteiger partial charge in [0.1, 0.15) is 0 Å². The Balaban J connectivity index is 0. The number of rotatable bonds is 3. The monoisotopic (exact) mass is 198 g/mol. The second-order valence-electron chi connectivity index (χ2n) is 2.39. The van der Waals surface area contributed by atoms with Crippen molar-refractivity contribution in [2.75, 3.05) is 0 Å². The molecule has 0 nitrogen and oxygen atoms in total. The molecule has 0 amide bonds. The van der Waals surface area contributed by atoms with E-state index in [1.165, 1.54) is 12.8 Å². The average molecular weight is 200 g/mol. The predicted molar refractivity (Wildman–Crippen MR) is 39.9 cm³/mol. The second kappa shape index (κ2) is 11.7. The molecule has 0 aliphatic rings. The molecule has 0 atom stereocenters. The fourth-order valence-electron chi connectivity index (χ4n) is 0.553. The summed E-state index contributed by atoms with van der Waals surface area (Å²) >= 11 is 0.847. The fourth-order valence-corrected chi connectivity index (χ4v) is 0.553. The number of hydrogen-bond donors (Lipinski definition) is 0. The molecule has 0 aromatic heterocycles. The summed E-state index contributed by atoms with van der Waals surface area (Å²) < 4.78 is 0. The van der Waals surface area contributed by atoms with Crippen LogP contribution >= 0.6 is 9.69 Å². The first-order valence-electron chi connectivity index (χ1n) is 3.33. The Morgan fingerprint density at radius 1 is 1.44 bits per heavy atom. The Morgan fingerprint density at radius 2 is 1.89 bits per heavy atom. The summed E-state index contributed by atoms with van der Waals surface area (Å²) in [5, 5.41) is 0. The average Bonchev–Trinajstić information content (AvgIpc) is 1.88. The van der Waals surface area contributed by atoms with Gasteiger partial charge in [-0.1, -0.05) is 26.7 Å². The van der Waals surface area contributed by atoms with Crippen molar-refractivity contribution in [1.29, 1.82) is 0 Å². The van der Waals surface area contributed by atoms with Crippen molar-refractivity contribution >= 4 is 9.69 Å². The van der Waals surface area contributed by atoms with Crippen LogP contribution in [0.4, 0.5) is 0 Å². The third-order valence-corrected chi connectivity index (χ3v) is 1.03. The van der Waals surface area contributed by atoms with Gasteiger partial charge in [-0.15, -0.1) is 0 Å². The summed E-state index contributed by atoms with van der Waals surface area (Å²) in [7, 11) is 4.76. The maximum atomic E-state index is 4.76. The van der Waals surface area contributed by atoms with Crippen LogP contribution in [0.25, 0.3) is 0 Å². The van der Waals surface area contributed by atoms with E-state index in [0.717, 1.165) is 29.7 Å². The summed E-state index contributed by atoms with van der Waals surface area (Å²) in [6.45, 7) is 8.25. The quantitative estimate of drug-likeness (QED) is 0.484. The molecule has 0 unspecified atom stereocenters. The Hall–Kier alpha value is 0.913. The molecular formula is C7H15ClZn. The molecule has 0 N–H and O–H groups in total. The van der Waals surface area contributed by atoms with E-state index in [-0.39, 0.29) is 0 Å². The van der Waals surface area contributed by atoms with Crippen molar-refractivity contribution in [3.8, 4) is 0 Å². The van der Waals surface area contributed by atoms with Gasteiger partial charge < -0.3 is 6.92 Å². The minimum atomic E-state index is 0.847. The van der Waals surface area contributed by atoms with Crippen LogP contribution in [-0.2, 0) is 17.3 Å².